The summed E-state index contributed by atoms with van der Waals surface area (Å²) < 4.78 is 6.66. The topological polar surface area (TPSA) is 96.5 Å². The van der Waals surface area contributed by atoms with E-state index in [9.17, 15) is 14.9 Å². The van der Waals surface area contributed by atoms with Gasteiger partial charge < -0.3 is 14.5 Å². The van der Waals surface area contributed by atoms with Gasteiger partial charge in [-0.2, -0.15) is 5.26 Å². The lowest BCUT2D eigenvalue weighted by atomic mass is 9.98. The highest BCUT2D eigenvalue weighted by Crippen LogP contribution is 2.39. The van der Waals surface area contributed by atoms with Crippen molar-refractivity contribution in [3.63, 3.8) is 0 Å². The number of esters is 1. The highest BCUT2D eigenvalue weighted by molar-refractivity contribution is 5.90. The zero-order valence-electron chi connectivity index (χ0n) is 12.7. The SMILES string of the molecule is C[C@](C#N)(NC(=O)COC(=O)c1cn2ccccc2n1)C1CC1. The van der Waals surface area contributed by atoms with E-state index in [1.54, 1.807) is 29.8 Å². The highest BCUT2D eigenvalue weighted by atomic mass is 16.5. The van der Waals surface area contributed by atoms with Crippen molar-refractivity contribution in [1.82, 2.24) is 14.7 Å². The summed E-state index contributed by atoms with van der Waals surface area (Å²) in [4.78, 5) is 28.0. The Hall–Kier alpha value is -2.88. The predicted molar refractivity (Wildman–Crippen MR) is 80.4 cm³/mol. The molecule has 0 aliphatic heterocycles. The summed E-state index contributed by atoms with van der Waals surface area (Å²) in [5.74, 6) is -0.988. The Bertz CT molecular complexity index is 770. The molecular formula is C16H16N4O3. The number of carbonyl (C=O) groups excluding carboxylic acids is 2. The quantitative estimate of drug-likeness (QED) is 0.839. The summed E-state index contributed by atoms with van der Waals surface area (Å²) in [5.41, 5.74) is -0.143. The highest BCUT2D eigenvalue weighted by Gasteiger charge is 2.43. The van der Waals surface area contributed by atoms with Crippen LogP contribution in [0.5, 0.6) is 0 Å². The molecule has 23 heavy (non-hydrogen) atoms. The van der Waals surface area contributed by atoms with Crippen LogP contribution in [0.1, 0.15) is 30.3 Å². The molecule has 0 unspecified atom stereocenters. The predicted octanol–water partition coefficient (Wildman–Crippen LogP) is 1.30. The molecule has 7 nitrogen and oxygen atoms in total. The number of hydrogen-bond donors (Lipinski definition) is 1. The van der Waals surface area contributed by atoms with Crippen LogP contribution in [0.15, 0.2) is 30.6 Å². The molecule has 0 spiro atoms. The molecule has 0 radical (unpaired) electrons. The Kier molecular flexibility index (Phi) is 3.74. The maximum absolute atomic E-state index is 12.0. The second-order valence-electron chi connectivity index (χ2n) is 5.80. The summed E-state index contributed by atoms with van der Waals surface area (Å²) in [6, 6.07) is 7.51. The average Bonchev–Trinajstić information content (AvgIpc) is 3.32. The van der Waals surface area contributed by atoms with Crippen LogP contribution in [0, 0.1) is 17.2 Å². The molecule has 1 fully saturated rings. The third-order valence-corrected chi connectivity index (χ3v) is 3.93. The van der Waals surface area contributed by atoms with Crippen molar-refractivity contribution in [1.29, 1.82) is 5.26 Å². The van der Waals surface area contributed by atoms with Crippen molar-refractivity contribution in [2.24, 2.45) is 5.92 Å². The molecule has 2 aromatic rings. The smallest absolute Gasteiger partial charge is 0.359 e. The minimum Gasteiger partial charge on any atom is -0.451 e. The molecule has 1 saturated carbocycles. The van der Waals surface area contributed by atoms with Gasteiger partial charge in [0.15, 0.2) is 12.3 Å². The van der Waals surface area contributed by atoms with Gasteiger partial charge in [-0.25, -0.2) is 9.78 Å². The minimum absolute atomic E-state index is 0.134. The first kappa shape index (κ1) is 15.0. The van der Waals surface area contributed by atoms with E-state index in [0.717, 1.165) is 12.8 Å². The van der Waals surface area contributed by atoms with Gasteiger partial charge in [0.25, 0.3) is 5.91 Å². The normalized spacial score (nSPS) is 16.3. The number of nitrogens with one attached hydrogen (secondary N) is 1. The Morgan fingerprint density at radius 3 is 2.96 bits per heavy atom. The number of rotatable bonds is 5. The van der Waals surface area contributed by atoms with Crippen molar-refractivity contribution in [3.05, 3.63) is 36.3 Å². The number of imidazole rings is 1. The first-order valence-electron chi connectivity index (χ1n) is 7.35. The molecule has 0 aromatic carbocycles. The largest absolute Gasteiger partial charge is 0.451 e. The van der Waals surface area contributed by atoms with Crippen LogP contribution in [0.2, 0.25) is 0 Å². The molecule has 1 atom stereocenters. The number of carbonyl (C=O) groups is 2. The van der Waals surface area contributed by atoms with Gasteiger partial charge in [-0.05, 0) is 37.8 Å². The van der Waals surface area contributed by atoms with Crippen LogP contribution in [0.3, 0.4) is 0 Å². The summed E-state index contributed by atoms with van der Waals surface area (Å²) in [5, 5.41) is 11.8. The summed E-state index contributed by atoms with van der Waals surface area (Å²) in [7, 11) is 0. The average molecular weight is 312 g/mol. The van der Waals surface area contributed by atoms with Crippen molar-refractivity contribution < 1.29 is 14.3 Å². The van der Waals surface area contributed by atoms with Crippen molar-refractivity contribution in [2.45, 2.75) is 25.3 Å². The number of ether oxygens (including phenoxy) is 1. The van der Waals surface area contributed by atoms with Crippen LogP contribution in [-0.4, -0.2) is 33.4 Å². The zero-order valence-corrected chi connectivity index (χ0v) is 12.7. The van der Waals surface area contributed by atoms with Gasteiger partial charge in [-0.15, -0.1) is 0 Å². The van der Waals surface area contributed by atoms with E-state index in [1.165, 1.54) is 0 Å². The standard InChI is InChI=1S/C16H16N4O3/c1-16(10-17,11-5-6-11)19-14(21)9-23-15(22)12-8-20-7-3-2-4-13(20)18-12/h2-4,7-8,11H,5-6,9H2,1H3,(H,19,21)/t16-/m1/s1. The molecule has 1 amide bonds. The summed E-state index contributed by atoms with van der Waals surface area (Å²) >= 11 is 0. The molecule has 0 saturated heterocycles. The number of pyridine rings is 1. The van der Waals surface area contributed by atoms with E-state index in [4.69, 9.17) is 4.74 Å². The molecular weight excluding hydrogens is 296 g/mol. The molecule has 2 heterocycles. The van der Waals surface area contributed by atoms with E-state index >= 15 is 0 Å². The number of amides is 1. The maximum Gasteiger partial charge on any atom is 0.359 e. The van der Waals surface area contributed by atoms with Crippen LogP contribution < -0.4 is 5.32 Å². The number of hydrogen-bond acceptors (Lipinski definition) is 5. The van der Waals surface area contributed by atoms with Crippen LogP contribution in [0.4, 0.5) is 0 Å². The fourth-order valence-corrected chi connectivity index (χ4v) is 2.45. The number of aromatic nitrogens is 2. The molecule has 3 rings (SSSR count). The first-order valence-corrected chi connectivity index (χ1v) is 7.35. The molecule has 2 aromatic heterocycles. The first-order chi connectivity index (χ1) is 11.0. The lowest BCUT2D eigenvalue weighted by Crippen LogP contribution is -2.48. The van der Waals surface area contributed by atoms with Gasteiger partial charge in [-0.3, -0.25) is 4.79 Å². The van der Waals surface area contributed by atoms with Crippen molar-refractivity contribution in [3.8, 4) is 6.07 Å². The molecule has 0 bridgehead atoms. The van der Waals surface area contributed by atoms with E-state index < -0.39 is 24.0 Å². The van der Waals surface area contributed by atoms with E-state index in [1.807, 2.05) is 12.1 Å². The Morgan fingerprint density at radius 2 is 2.30 bits per heavy atom. The van der Waals surface area contributed by atoms with Crippen LogP contribution in [-0.2, 0) is 9.53 Å². The van der Waals surface area contributed by atoms with Gasteiger partial charge >= 0.3 is 5.97 Å². The van der Waals surface area contributed by atoms with Crippen LogP contribution >= 0.6 is 0 Å². The lowest BCUT2D eigenvalue weighted by molar-refractivity contribution is -0.125. The third-order valence-electron chi connectivity index (χ3n) is 3.93. The molecule has 1 aliphatic rings. The van der Waals surface area contributed by atoms with Gasteiger partial charge in [0, 0.05) is 12.4 Å². The fraction of sp³-hybridized carbons (Fsp3) is 0.375. The fourth-order valence-electron chi connectivity index (χ4n) is 2.45. The van der Waals surface area contributed by atoms with E-state index in [0.29, 0.717) is 5.65 Å². The third kappa shape index (κ3) is 3.16. The summed E-state index contributed by atoms with van der Waals surface area (Å²) in [6.45, 7) is 1.25. The lowest BCUT2D eigenvalue weighted by Gasteiger charge is -2.22. The van der Waals surface area contributed by atoms with Crippen LogP contribution in [0.25, 0.3) is 5.65 Å². The number of nitrogens with zero attached hydrogens (tertiary/aromatic N) is 3. The molecule has 1 aliphatic carbocycles. The monoisotopic (exact) mass is 312 g/mol. The van der Waals surface area contributed by atoms with Crippen molar-refractivity contribution >= 4 is 17.5 Å². The van der Waals surface area contributed by atoms with E-state index in [-0.39, 0.29) is 11.6 Å². The Morgan fingerprint density at radius 1 is 1.52 bits per heavy atom. The molecule has 1 N–H and O–H groups in total. The molecule has 7 heteroatoms. The number of fused-ring (bicyclic) bond motifs is 1. The Labute approximate surface area is 132 Å². The Balaban J connectivity index is 1.58. The zero-order chi connectivity index (χ0) is 16.4. The maximum atomic E-state index is 12.0. The van der Waals surface area contributed by atoms with Crippen molar-refractivity contribution in [2.75, 3.05) is 6.61 Å². The van der Waals surface area contributed by atoms with Gasteiger partial charge in [0.2, 0.25) is 0 Å². The second kappa shape index (κ2) is 5.72. The second-order valence-corrected chi connectivity index (χ2v) is 5.80. The number of nitriles is 1. The summed E-state index contributed by atoms with van der Waals surface area (Å²) in [6.07, 6.45) is 5.15. The molecule has 118 valence electrons. The van der Waals surface area contributed by atoms with Gasteiger partial charge in [0.1, 0.15) is 11.2 Å². The van der Waals surface area contributed by atoms with Gasteiger partial charge in [-0.1, -0.05) is 6.07 Å². The van der Waals surface area contributed by atoms with Gasteiger partial charge in [0.05, 0.1) is 6.07 Å². The minimum atomic E-state index is -0.896. The van der Waals surface area contributed by atoms with E-state index in [2.05, 4.69) is 16.4 Å².